The summed E-state index contributed by atoms with van der Waals surface area (Å²) in [5, 5.41) is 8.00. The van der Waals surface area contributed by atoms with E-state index in [2.05, 4.69) is 15.0 Å². The molecule has 7 heteroatoms. The number of sulfonamides is 1. The fourth-order valence-corrected chi connectivity index (χ4v) is 4.74. The van der Waals surface area contributed by atoms with E-state index >= 15 is 0 Å². The normalized spacial score (nSPS) is 14.0. The molecule has 0 saturated carbocycles. The highest BCUT2D eigenvalue weighted by molar-refractivity contribution is 7.90. The lowest BCUT2D eigenvalue weighted by atomic mass is 10.1. The second-order valence-electron chi connectivity index (χ2n) is 7.09. The van der Waals surface area contributed by atoms with Gasteiger partial charge in [0.1, 0.15) is 4.90 Å². The molecular formula is C24H17N3O3S. The highest BCUT2D eigenvalue weighted by Crippen LogP contribution is 2.27. The topological polar surface area (TPSA) is 87.6 Å². The Balaban J connectivity index is 1.35. The first-order chi connectivity index (χ1) is 15.0. The van der Waals surface area contributed by atoms with Gasteiger partial charge in [0.25, 0.3) is 15.9 Å². The number of amidine groups is 1. The third-order valence-electron chi connectivity index (χ3n) is 5.08. The van der Waals surface area contributed by atoms with Crippen molar-refractivity contribution >= 4 is 43.9 Å². The van der Waals surface area contributed by atoms with E-state index in [0.29, 0.717) is 16.8 Å². The van der Waals surface area contributed by atoms with Crippen LogP contribution in [0.1, 0.15) is 15.9 Å². The standard InChI is InChI=1S/C24H17N3O3S/c28-24(26-21-10-5-7-16-6-1-2-8-19(16)21)17-12-14-18(15-13-17)25-23-20-9-3-4-11-22(20)31(29,30)27-23/h1-15H,(H,25,27)(H,26,28). The number of hydrogen-bond donors (Lipinski definition) is 2. The maximum absolute atomic E-state index is 12.7. The quantitative estimate of drug-likeness (QED) is 0.498. The second kappa shape index (κ2) is 7.37. The van der Waals surface area contributed by atoms with Gasteiger partial charge >= 0.3 is 0 Å². The third kappa shape index (κ3) is 3.55. The van der Waals surface area contributed by atoms with Crippen LogP contribution in [0.5, 0.6) is 0 Å². The van der Waals surface area contributed by atoms with Crippen LogP contribution in [-0.4, -0.2) is 20.2 Å². The molecule has 0 aromatic heterocycles. The zero-order valence-electron chi connectivity index (χ0n) is 16.2. The molecule has 0 unspecified atom stereocenters. The van der Waals surface area contributed by atoms with Crippen LogP contribution in [0.25, 0.3) is 10.8 Å². The van der Waals surface area contributed by atoms with Crippen LogP contribution in [0.3, 0.4) is 0 Å². The van der Waals surface area contributed by atoms with Crippen LogP contribution in [0.2, 0.25) is 0 Å². The molecule has 0 saturated heterocycles. The van der Waals surface area contributed by atoms with E-state index < -0.39 is 10.0 Å². The van der Waals surface area contributed by atoms with Gasteiger partial charge in [-0.1, -0.05) is 48.5 Å². The van der Waals surface area contributed by atoms with Crippen molar-refractivity contribution in [3.05, 3.63) is 102 Å². The summed E-state index contributed by atoms with van der Waals surface area (Å²) >= 11 is 0. The van der Waals surface area contributed by atoms with Gasteiger partial charge in [-0.05, 0) is 47.9 Å². The maximum Gasteiger partial charge on any atom is 0.285 e. The van der Waals surface area contributed by atoms with E-state index in [1.165, 1.54) is 6.07 Å². The van der Waals surface area contributed by atoms with Gasteiger partial charge in [-0.15, -0.1) is 4.40 Å². The fourth-order valence-electron chi connectivity index (χ4n) is 3.57. The number of amides is 1. The molecule has 31 heavy (non-hydrogen) atoms. The minimum absolute atomic E-state index is 0.184. The molecule has 152 valence electrons. The Kier molecular flexibility index (Phi) is 4.52. The number of benzene rings is 4. The smallest absolute Gasteiger partial charge is 0.285 e. The van der Waals surface area contributed by atoms with Crippen LogP contribution in [0.15, 0.2) is 100 Å². The summed E-state index contributed by atoms with van der Waals surface area (Å²) in [5.41, 5.74) is 2.39. The first-order valence-corrected chi connectivity index (χ1v) is 11.1. The molecule has 0 aliphatic carbocycles. The van der Waals surface area contributed by atoms with Crippen LogP contribution < -0.4 is 10.6 Å². The van der Waals surface area contributed by atoms with Gasteiger partial charge < -0.3 is 10.6 Å². The van der Waals surface area contributed by atoms with Gasteiger partial charge in [0.15, 0.2) is 5.84 Å². The number of nitrogens with zero attached hydrogens (tertiary/aromatic N) is 1. The zero-order valence-corrected chi connectivity index (χ0v) is 17.1. The van der Waals surface area contributed by atoms with Crippen molar-refractivity contribution in [1.29, 1.82) is 0 Å². The van der Waals surface area contributed by atoms with Crippen molar-refractivity contribution in [2.45, 2.75) is 4.90 Å². The average Bonchev–Trinajstić information content (AvgIpc) is 3.04. The summed E-state index contributed by atoms with van der Waals surface area (Å²) in [4.78, 5) is 12.9. The van der Waals surface area contributed by atoms with E-state index in [-0.39, 0.29) is 16.6 Å². The molecule has 1 aliphatic heterocycles. The molecule has 2 N–H and O–H groups in total. The number of nitrogens with one attached hydrogen (secondary N) is 2. The summed E-state index contributed by atoms with van der Waals surface area (Å²) in [5.74, 6) is 0.0394. The molecule has 6 nitrogen and oxygen atoms in total. The second-order valence-corrected chi connectivity index (χ2v) is 8.67. The summed E-state index contributed by atoms with van der Waals surface area (Å²) in [6.45, 7) is 0. The van der Waals surface area contributed by atoms with Crippen LogP contribution >= 0.6 is 0 Å². The molecule has 0 radical (unpaired) electrons. The maximum atomic E-state index is 12.7. The van der Waals surface area contributed by atoms with Crippen molar-refractivity contribution in [1.82, 2.24) is 0 Å². The molecule has 1 amide bonds. The molecule has 0 fully saturated rings. The number of rotatable bonds is 3. The Hall–Kier alpha value is -3.97. The molecule has 0 spiro atoms. The number of fused-ring (bicyclic) bond motifs is 2. The highest BCUT2D eigenvalue weighted by atomic mass is 32.2. The van der Waals surface area contributed by atoms with Gasteiger partial charge in [0.2, 0.25) is 0 Å². The van der Waals surface area contributed by atoms with Gasteiger partial charge in [-0.25, -0.2) is 0 Å². The lowest BCUT2D eigenvalue weighted by Crippen LogP contribution is -2.13. The first-order valence-electron chi connectivity index (χ1n) is 9.62. The largest absolute Gasteiger partial charge is 0.339 e. The van der Waals surface area contributed by atoms with Crippen molar-refractivity contribution < 1.29 is 13.2 Å². The molecule has 1 aliphatic rings. The minimum atomic E-state index is -3.69. The number of hydrogen-bond acceptors (Lipinski definition) is 4. The van der Waals surface area contributed by atoms with Gasteiger partial charge in [-0.2, -0.15) is 8.42 Å². The minimum Gasteiger partial charge on any atom is -0.339 e. The van der Waals surface area contributed by atoms with E-state index in [1.54, 1.807) is 42.5 Å². The molecule has 5 rings (SSSR count). The summed E-state index contributed by atoms with van der Waals surface area (Å²) in [6.07, 6.45) is 0. The number of carbonyl (C=O) groups is 1. The van der Waals surface area contributed by atoms with Crippen molar-refractivity contribution in [2.24, 2.45) is 4.40 Å². The molecule has 1 heterocycles. The highest BCUT2D eigenvalue weighted by Gasteiger charge is 2.28. The molecule has 0 bridgehead atoms. The lowest BCUT2D eigenvalue weighted by Gasteiger charge is -2.10. The van der Waals surface area contributed by atoms with E-state index in [4.69, 9.17) is 0 Å². The summed E-state index contributed by atoms with van der Waals surface area (Å²) < 4.78 is 28.2. The van der Waals surface area contributed by atoms with Crippen LogP contribution in [-0.2, 0) is 10.0 Å². The van der Waals surface area contributed by atoms with Gasteiger partial charge in [-0.3, -0.25) is 4.79 Å². The summed E-state index contributed by atoms with van der Waals surface area (Å²) in [6, 6.07) is 27.1. The van der Waals surface area contributed by atoms with E-state index in [1.807, 2.05) is 42.5 Å². The lowest BCUT2D eigenvalue weighted by molar-refractivity contribution is 0.102. The Bertz CT molecular complexity index is 1450. The van der Waals surface area contributed by atoms with Crippen molar-refractivity contribution in [2.75, 3.05) is 10.6 Å². The van der Waals surface area contributed by atoms with Crippen LogP contribution in [0.4, 0.5) is 11.4 Å². The Labute approximate surface area is 179 Å². The first kappa shape index (κ1) is 19.0. The van der Waals surface area contributed by atoms with E-state index in [0.717, 1.165) is 16.5 Å². The number of anilines is 2. The molecule has 4 aromatic carbocycles. The summed E-state index contributed by atoms with van der Waals surface area (Å²) in [7, 11) is -3.69. The van der Waals surface area contributed by atoms with Gasteiger partial charge in [0, 0.05) is 27.9 Å². The third-order valence-corrected chi connectivity index (χ3v) is 6.41. The van der Waals surface area contributed by atoms with Crippen molar-refractivity contribution in [3.63, 3.8) is 0 Å². The zero-order chi connectivity index (χ0) is 21.4. The Morgan fingerprint density at radius 3 is 2.32 bits per heavy atom. The molecule has 0 atom stereocenters. The predicted molar refractivity (Wildman–Crippen MR) is 122 cm³/mol. The molecular weight excluding hydrogens is 410 g/mol. The monoisotopic (exact) mass is 427 g/mol. The Morgan fingerprint density at radius 1 is 0.774 bits per heavy atom. The predicted octanol–water partition coefficient (Wildman–Crippen LogP) is 4.65. The Morgan fingerprint density at radius 2 is 1.48 bits per heavy atom. The fraction of sp³-hybridized carbons (Fsp3) is 0. The van der Waals surface area contributed by atoms with Crippen molar-refractivity contribution in [3.8, 4) is 0 Å². The molecule has 4 aromatic rings. The van der Waals surface area contributed by atoms with E-state index in [9.17, 15) is 13.2 Å². The number of carbonyl (C=O) groups excluding carboxylic acids is 1. The van der Waals surface area contributed by atoms with Gasteiger partial charge in [0.05, 0.1) is 0 Å². The van der Waals surface area contributed by atoms with Crippen LogP contribution in [0, 0.1) is 0 Å². The average molecular weight is 427 g/mol. The SMILES string of the molecule is O=C(Nc1cccc2ccccc12)c1ccc(NC2=NS(=O)(=O)c3ccccc32)cc1.